The van der Waals surface area contributed by atoms with Gasteiger partial charge in [-0.3, -0.25) is 9.59 Å². The molecule has 3 rings (SSSR count). The van der Waals surface area contributed by atoms with E-state index in [4.69, 9.17) is 4.74 Å². The molecule has 2 heterocycles. The van der Waals surface area contributed by atoms with Crippen LogP contribution in [0.1, 0.15) is 30.0 Å². The number of hydrogen-bond donors (Lipinski definition) is 0. The fourth-order valence-corrected chi connectivity index (χ4v) is 3.53. The second kappa shape index (κ2) is 6.71. The van der Waals surface area contributed by atoms with Crippen molar-refractivity contribution in [2.24, 2.45) is 5.92 Å². The van der Waals surface area contributed by atoms with E-state index in [-0.39, 0.29) is 23.8 Å². The van der Waals surface area contributed by atoms with Crippen molar-refractivity contribution in [1.82, 2.24) is 9.80 Å². The maximum absolute atomic E-state index is 13.0. The highest BCUT2D eigenvalue weighted by molar-refractivity contribution is 5.85. The molecule has 0 aliphatic carbocycles. The van der Waals surface area contributed by atoms with Crippen LogP contribution >= 0.6 is 0 Å². The SMILES string of the molecule is Cc1ccc(C2C(C(=O)N3CCOCC3)CCC(=O)N2C)cc1. The van der Waals surface area contributed by atoms with Gasteiger partial charge >= 0.3 is 0 Å². The van der Waals surface area contributed by atoms with Crippen molar-refractivity contribution in [3.05, 3.63) is 35.4 Å². The molecule has 0 radical (unpaired) electrons. The zero-order valence-corrected chi connectivity index (χ0v) is 13.8. The van der Waals surface area contributed by atoms with Crippen LogP contribution in [-0.4, -0.2) is 55.0 Å². The Morgan fingerprint density at radius 3 is 2.48 bits per heavy atom. The van der Waals surface area contributed by atoms with Crippen molar-refractivity contribution in [1.29, 1.82) is 0 Å². The summed E-state index contributed by atoms with van der Waals surface area (Å²) in [5.41, 5.74) is 2.22. The molecule has 2 saturated heterocycles. The van der Waals surface area contributed by atoms with Gasteiger partial charge in [0.05, 0.1) is 25.2 Å². The number of benzene rings is 1. The highest BCUT2D eigenvalue weighted by atomic mass is 16.5. The molecule has 124 valence electrons. The molecule has 5 nitrogen and oxygen atoms in total. The number of amides is 2. The molecule has 0 N–H and O–H groups in total. The van der Waals surface area contributed by atoms with Gasteiger partial charge in [-0.2, -0.15) is 0 Å². The van der Waals surface area contributed by atoms with Crippen molar-refractivity contribution in [3.63, 3.8) is 0 Å². The summed E-state index contributed by atoms with van der Waals surface area (Å²) in [4.78, 5) is 28.8. The van der Waals surface area contributed by atoms with Crippen LogP contribution in [0, 0.1) is 12.8 Å². The summed E-state index contributed by atoms with van der Waals surface area (Å²) in [6.45, 7) is 4.53. The number of aryl methyl sites for hydroxylation is 1. The Morgan fingerprint density at radius 1 is 1.17 bits per heavy atom. The van der Waals surface area contributed by atoms with Crippen molar-refractivity contribution in [2.75, 3.05) is 33.4 Å². The van der Waals surface area contributed by atoms with Gasteiger partial charge in [-0.05, 0) is 18.9 Å². The molecule has 2 atom stereocenters. The van der Waals surface area contributed by atoms with E-state index in [1.807, 2.05) is 43.1 Å². The number of ether oxygens (including phenoxy) is 1. The number of rotatable bonds is 2. The number of carbonyl (C=O) groups excluding carboxylic acids is 2. The molecule has 2 unspecified atom stereocenters. The molecule has 0 saturated carbocycles. The van der Waals surface area contributed by atoms with Gasteiger partial charge < -0.3 is 14.5 Å². The summed E-state index contributed by atoms with van der Waals surface area (Å²) in [6, 6.07) is 7.98. The van der Waals surface area contributed by atoms with Gasteiger partial charge in [-0.15, -0.1) is 0 Å². The molecule has 23 heavy (non-hydrogen) atoms. The van der Waals surface area contributed by atoms with E-state index in [0.29, 0.717) is 39.1 Å². The first-order valence-corrected chi connectivity index (χ1v) is 8.26. The number of carbonyl (C=O) groups is 2. The molecular weight excluding hydrogens is 292 g/mol. The minimum atomic E-state index is -0.174. The zero-order valence-electron chi connectivity index (χ0n) is 13.8. The van der Waals surface area contributed by atoms with Crippen LogP contribution in [0.5, 0.6) is 0 Å². The predicted octanol–water partition coefficient (Wildman–Crippen LogP) is 1.76. The van der Waals surface area contributed by atoms with Crippen LogP contribution in [0.25, 0.3) is 0 Å². The lowest BCUT2D eigenvalue weighted by Crippen LogP contribution is -2.50. The van der Waals surface area contributed by atoms with Crippen LogP contribution in [0.3, 0.4) is 0 Å². The molecule has 1 aromatic rings. The second-order valence-electron chi connectivity index (χ2n) is 6.44. The molecule has 2 aliphatic heterocycles. The van der Waals surface area contributed by atoms with Crippen molar-refractivity contribution >= 4 is 11.8 Å². The van der Waals surface area contributed by atoms with Gasteiger partial charge in [0, 0.05) is 26.6 Å². The summed E-state index contributed by atoms with van der Waals surface area (Å²) in [5.74, 6) is 0.0957. The monoisotopic (exact) mass is 316 g/mol. The largest absolute Gasteiger partial charge is 0.378 e. The molecule has 5 heteroatoms. The summed E-state index contributed by atoms with van der Waals surface area (Å²) in [6.07, 6.45) is 1.07. The number of morpholine rings is 1. The fourth-order valence-electron chi connectivity index (χ4n) is 3.53. The second-order valence-corrected chi connectivity index (χ2v) is 6.44. The molecule has 2 fully saturated rings. The van der Waals surface area contributed by atoms with Crippen LogP contribution < -0.4 is 0 Å². The number of nitrogens with zero attached hydrogens (tertiary/aromatic N) is 2. The van der Waals surface area contributed by atoms with Crippen LogP contribution in [0.4, 0.5) is 0 Å². The third-order valence-electron chi connectivity index (χ3n) is 4.92. The van der Waals surface area contributed by atoms with E-state index in [0.717, 1.165) is 5.56 Å². The Labute approximate surface area is 137 Å². The fraction of sp³-hybridized carbons (Fsp3) is 0.556. The molecule has 0 spiro atoms. The zero-order chi connectivity index (χ0) is 16.4. The summed E-state index contributed by atoms with van der Waals surface area (Å²) in [7, 11) is 1.81. The number of hydrogen-bond acceptors (Lipinski definition) is 3. The number of piperidine rings is 1. The maximum atomic E-state index is 13.0. The summed E-state index contributed by atoms with van der Waals surface area (Å²) < 4.78 is 5.34. The summed E-state index contributed by atoms with van der Waals surface area (Å²) in [5, 5.41) is 0. The van der Waals surface area contributed by atoms with Gasteiger partial charge in [0.15, 0.2) is 0 Å². The van der Waals surface area contributed by atoms with Crippen molar-refractivity contribution in [2.45, 2.75) is 25.8 Å². The molecule has 0 bridgehead atoms. The first kappa shape index (κ1) is 16.0. The average Bonchev–Trinajstić information content (AvgIpc) is 2.58. The van der Waals surface area contributed by atoms with Crippen LogP contribution in [-0.2, 0) is 14.3 Å². The molecule has 1 aromatic carbocycles. The molecule has 2 aliphatic rings. The Hall–Kier alpha value is -1.88. The average molecular weight is 316 g/mol. The Balaban J connectivity index is 1.87. The Kier molecular flexibility index (Phi) is 4.66. The third kappa shape index (κ3) is 3.24. The topological polar surface area (TPSA) is 49.9 Å². The van der Waals surface area contributed by atoms with Gasteiger partial charge in [-0.1, -0.05) is 29.8 Å². The first-order valence-electron chi connectivity index (χ1n) is 8.26. The molecular formula is C18H24N2O3. The highest BCUT2D eigenvalue weighted by Crippen LogP contribution is 2.37. The Bertz CT molecular complexity index is 578. The van der Waals surface area contributed by atoms with E-state index >= 15 is 0 Å². The lowest BCUT2D eigenvalue weighted by molar-refractivity contribution is -0.149. The van der Waals surface area contributed by atoms with Crippen LogP contribution in [0.2, 0.25) is 0 Å². The third-order valence-corrected chi connectivity index (χ3v) is 4.92. The van der Waals surface area contributed by atoms with E-state index in [1.165, 1.54) is 5.56 Å². The van der Waals surface area contributed by atoms with E-state index in [1.54, 1.807) is 4.90 Å². The van der Waals surface area contributed by atoms with Gasteiger partial charge in [0.2, 0.25) is 11.8 Å². The maximum Gasteiger partial charge on any atom is 0.228 e. The minimum Gasteiger partial charge on any atom is -0.378 e. The Morgan fingerprint density at radius 2 is 1.83 bits per heavy atom. The van der Waals surface area contributed by atoms with Gasteiger partial charge in [0.1, 0.15) is 0 Å². The normalized spacial score (nSPS) is 25.6. The molecule has 0 aromatic heterocycles. The molecule has 2 amide bonds. The highest BCUT2D eigenvalue weighted by Gasteiger charge is 2.40. The lowest BCUT2D eigenvalue weighted by atomic mass is 9.83. The quantitative estimate of drug-likeness (QED) is 0.835. The summed E-state index contributed by atoms with van der Waals surface area (Å²) >= 11 is 0. The van der Waals surface area contributed by atoms with Gasteiger partial charge in [0.25, 0.3) is 0 Å². The predicted molar refractivity (Wildman–Crippen MR) is 86.8 cm³/mol. The standard InChI is InChI=1S/C18H24N2O3/c1-13-3-5-14(6-4-13)17-15(7-8-16(21)19(17)2)18(22)20-9-11-23-12-10-20/h3-6,15,17H,7-12H2,1-2H3. The first-order chi connectivity index (χ1) is 11.1. The van der Waals surface area contributed by atoms with Crippen molar-refractivity contribution in [3.8, 4) is 0 Å². The van der Waals surface area contributed by atoms with E-state index in [9.17, 15) is 9.59 Å². The smallest absolute Gasteiger partial charge is 0.228 e. The van der Waals surface area contributed by atoms with Crippen molar-refractivity contribution < 1.29 is 14.3 Å². The van der Waals surface area contributed by atoms with Gasteiger partial charge in [-0.25, -0.2) is 0 Å². The van der Waals surface area contributed by atoms with E-state index in [2.05, 4.69) is 0 Å². The van der Waals surface area contributed by atoms with Crippen LogP contribution in [0.15, 0.2) is 24.3 Å². The minimum absolute atomic E-state index is 0.113. The van der Waals surface area contributed by atoms with E-state index < -0.39 is 0 Å². The lowest BCUT2D eigenvalue weighted by Gasteiger charge is -2.41. The number of likely N-dealkylation sites (tertiary alicyclic amines) is 1.